The SMILES string of the molecule is C=CCCC(NC(=O)Cc1ccc(OCC)cc1)C(=O)O. The number of aliphatic carboxylic acids is 1. The fraction of sp³-hybridized carbons (Fsp3) is 0.375. The maximum absolute atomic E-state index is 11.9. The molecule has 0 aromatic heterocycles. The third kappa shape index (κ3) is 6.12. The van der Waals surface area contributed by atoms with Crippen LogP contribution in [0.15, 0.2) is 36.9 Å². The number of rotatable bonds is 9. The summed E-state index contributed by atoms with van der Waals surface area (Å²) in [6.07, 6.45) is 2.66. The van der Waals surface area contributed by atoms with Crippen molar-refractivity contribution in [1.82, 2.24) is 5.32 Å². The second-order valence-electron chi connectivity index (χ2n) is 4.58. The van der Waals surface area contributed by atoms with Crippen LogP contribution in [0.25, 0.3) is 0 Å². The molecule has 1 rings (SSSR count). The first-order valence-electron chi connectivity index (χ1n) is 6.91. The molecule has 0 bridgehead atoms. The van der Waals surface area contributed by atoms with Crippen molar-refractivity contribution in [3.8, 4) is 5.75 Å². The highest BCUT2D eigenvalue weighted by molar-refractivity contribution is 5.84. The Morgan fingerprint density at radius 1 is 1.38 bits per heavy atom. The Morgan fingerprint density at radius 3 is 2.57 bits per heavy atom. The van der Waals surface area contributed by atoms with E-state index in [2.05, 4.69) is 11.9 Å². The predicted molar refractivity (Wildman–Crippen MR) is 80.3 cm³/mol. The normalized spacial score (nSPS) is 11.5. The summed E-state index contributed by atoms with van der Waals surface area (Å²) in [5.41, 5.74) is 0.809. The van der Waals surface area contributed by atoms with Gasteiger partial charge in [0.15, 0.2) is 0 Å². The van der Waals surface area contributed by atoms with Gasteiger partial charge in [0.2, 0.25) is 5.91 Å². The minimum Gasteiger partial charge on any atom is -0.494 e. The molecule has 0 radical (unpaired) electrons. The molecule has 0 saturated carbocycles. The van der Waals surface area contributed by atoms with E-state index in [4.69, 9.17) is 9.84 Å². The molecule has 1 aromatic carbocycles. The molecule has 0 aliphatic heterocycles. The molecule has 5 nitrogen and oxygen atoms in total. The lowest BCUT2D eigenvalue weighted by molar-refractivity contribution is -0.141. The summed E-state index contributed by atoms with van der Waals surface area (Å²) in [6, 6.07) is 6.30. The lowest BCUT2D eigenvalue weighted by atomic mass is 10.1. The summed E-state index contributed by atoms with van der Waals surface area (Å²) in [7, 11) is 0. The number of ether oxygens (including phenoxy) is 1. The van der Waals surface area contributed by atoms with Crippen molar-refractivity contribution in [1.29, 1.82) is 0 Å². The van der Waals surface area contributed by atoms with E-state index >= 15 is 0 Å². The van der Waals surface area contributed by atoms with Gasteiger partial charge in [-0.3, -0.25) is 4.79 Å². The number of benzene rings is 1. The molecular formula is C16H21NO4. The van der Waals surface area contributed by atoms with Crippen molar-refractivity contribution in [3.05, 3.63) is 42.5 Å². The van der Waals surface area contributed by atoms with E-state index in [1.54, 1.807) is 30.3 Å². The predicted octanol–water partition coefficient (Wildman–Crippen LogP) is 2.16. The van der Waals surface area contributed by atoms with Gasteiger partial charge < -0.3 is 15.2 Å². The van der Waals surface area contributed by atoms with Crippen LogP contribution in [0.2, 0.25) is 0 Å². The van der Waals surface area contributed by atoms with Crippen molar-refractivity contribution < 1.29 is 19.4 Å². The molecule has 1 atom stereocenters. The minimum atomic E-state index is -1.03. The Hall–Kier alpha value is -2.30. The molecule has 0 aliphatic rings. The summed E-state index contributed by atoms with van der Waals surface area (Å²) in [6.45, 7) is 6.03. The van der Waals surface area contributed by atoms with Crippen LogP contribution in [0, 0.1) is 0 Å². The molecule has 0 aliphatic carbocycles. The number of hydrogen-bond acceptors (Lipinski definition) is 3. The number of amides is 1. The average Bonchev–Trinajstić information content (AvgIpc) is 2.45. The van der Waals surface area contributed by atoms with Crippen LogP contribution < -0.4 is 10.1 Å². The Balaban J connectivity index is 2.54. The third-order valence-corrected chi connectivity index (χ3v) is 2.89. The first kappa shape index (κ1) is 16.8. The summed E-state index contributed by atoms with van der Waals surface area (Å²) >= 11 is 0. The Kier molecular flexibility index (Phi) is 7.01. The van der Waals surface area contributed by atoms with E-state index in [-0.39, 0.29) is 12.3 Å². The van der Waals surface area contributed by atoms with E-state index in [0.29, 0.717) is 19.4 Å². The molecule has 2 N–H and O–H groups in total. The van der Waals surface area contributed by atoms with Crippen molar-refractivity contribution in [2.75, 3.05) is 6.61 Å². The van der Waals surface area contributed by atoms with Crippen LogP contribution in [0.5, 0.6) is 5.75 Å². The van der Waals surface area contributed by atoms with Gasteiger partial charge in [-0.1, -0.05) is 18.2 Å². The van der Waals surface area contributed by atoms with Gasteiger partial charge in [0.05, 0.1) is 13.0 Å². The van der Waals surface area contributed by atoms with Gasteiger partial charge in [0.1, 0.15) is 11.8 Å². The Labute approximate surface area is 124 Å². The summed E-state index contributed by atoms with van der Waals surface area (Å²) in [5.74, 6) is -0.594. The minimum absolute atomic E-state index is 0.143. The molecule has 0 fully saturated rings. The van der Waals surface area contributed by atoms with Crippen LogP contribution in [0.1, 0.15) is 25.3 Å². The average molecular weight is 291 g/mol. The van der Waals surface area contributed by atoms with Crippen LogP contribution in [-0.2, 0) is 16.0 Å². The van der Waals surface area contributed by atoms with E-state index < -0.39 is 12.0 Å². The number of allylic oxidation sites excluding steroid dienone is 1. The summed E-state index contributed by atoms with van der Waals surface area (Å²) in [4.78, 5) is 22.9. The fourth-order valence-corrected chi connectivity index (χ4v) is 1.84. The molecule has 1 amide bonds. The molecule has 5 heteroatoms. The van der Waals surface area contributed by atoms with Gasteiger partial charge >= 0.3 is 5.97 Å². The molecular weight excluding hydrogens is 270 g/mol. The second kappa shape index (κ2) is 8.79. The molecule has 0 saturated heterocycles. The largest absolute Gasteiger partial charge is 0.494 e. The van der Waals surface area contributed by atoms with E-state index in [1.807, 2.05) is 6.92 Å². The van der Waals surface area contributed by atoms with Crippen molar-refractivity contribution in [2.45, 2.75) is 32.2 Å². The van der Waals surface area contributed by atoms with Crippen LogP contribution in [0.3, 0.4) is 0 Å². The molecule has 1 aromatic rings. The zero-order valence-electron chi connectivity index (χ0n) is 12.2. The van der Waals surface area contributed by atoms with Crippen LogP contribution >= 0.6 is 0 Å². The Bertz CT molecular complexity index is 482. The van der Waals surface area contributed by atoms with Gasteiger partial charge in [-0.05, 0) is 37.5 Å². The van der Waals surface area contributed by atoms with Gasteiger partial charge in [0.25, 0.3) is 0 Å². The fourth-order valence-electron chi connectivity index (χ4n) is 1.84. The molecule has 21 heavy (non-hydrogen) atoms. The van der Waals surface area contributed by atoms with Crippen molar-refractivity contribution in [3.63, 3.8) is 0 Å². The number of carboxylic acid groups (broad SMARTS) is 1. The van der Waals surface area contributed by atoms with Gasteiger partial charge in [0, 0.05) is 0 Å². The van der Waals surface area contributed by atoms with Gasteiger partial charge in [-0.15, -0.1) is 6.58 Å². The third-order valence-electron chi connectivity index (χ3n) is 2.89. The highest BCUT2D eigenvalue weighted by Crippen LogP contribution is 2.12. The molecule has 0 heterocycles. The number of hydrogen-bond donors (Lipinski definition) is 2. The van der Waals surface area contributed by atoms with Gasteiger partial charge in [-0.25, -0.2) is 4.79 Å². The van der Waals surface area contributed by atoms with E-state index in [0.717, 1.165) is 11.3 Å². The first-order valence-corrected chi connectivity index (χ1v) is 6.91. The van der Waals surface area contributed by atoms with Crippen LogP contribution in [0.4, 0.5) is 0 Å². The molecule has 0 spiro atoms. The standard InChI is InChI=1S/C16H21NO4/c1-3-5-6-14(16(19)20)17-15(18)11-12-7-9-13(10-8-12)21-4-2/h3,7-10,14H,1,4-6,11H2,2H3,(H,17,18)(H,19,20). The monoisotopic (exact) mass is 291 g/mol. The lowest BCUT2D eigenvalue weighted by Crippen LogP contribution is -2.41. The quantitative estimate of drug-likeness (QED) is 0.684. The van der Waals surface area contributed by atoms with E-state index in [9.17, 15) is 9.59 Å². The first-order chi connectivity index (χ1) is 10.1. The molecule has 114 valence electrons. The smallest absolute Gasteiger partial charge is 0.326 e. The Morgan fingerprint density at radius 2 is 2.05 bits per heavy atom. The van der Waals surface area contributed by atoms with E-state index in [1.165, 1.54) is 0 Å². The number of carboxylic acids is 1. The zero-order valence-corrected chi connectivity index (χ0v) is 12.2. The highest BCUT2D eigenvalue weighted by atomic mass is 16.5. The maximum Gasteiger partial charge on any atom is 0.326 e. The number of carbonyl (C=O) groups excluding carboxylic acids is 1. The molecule has 1 unspecified atom stereocenters. The zero-order chi connectivity index (χ0) is 15.7. The summed E-state index contributed by atoms with van der Waals surface area (Å²) in [5, 5.41) is 11.6. The lowest BCUT2D eigenvalue weighted by Gasteiger charge is -2.13. The van der Waals surface area contributed by atoms with Crippen molar-refractivity contribution >= 4 is 11.9 Å². The summed E-state index contributed by atoms with van der Waals surface area (Å²) < 4.78 is 5.32. The van der Waals surface area contributed by atoms with Crippen molar-refractivity contribution in [2.24, 2.45) is 0 Å². The van der Waals surface area contributed by atoms with Gasteiger partial charge in [-0.2, -0.15) is 0 Å². The highest BCUT2D eigenvalue weighted by Gasteiger charge is 2.18. The van der Waals surface area contributed by atoms with Crippen LogP contribution in [-0.4, -0.2) is 29.6 Å². The maximum atomic E-state index is 11.9. The number of nitrogens with one attached hydrogen (secondary N) is 1. The second-order valence-corrected chi connectivity index (χ2v) is 4.58. The number of carbonyl (C=O) groups is 2. The topological polar surface area (TPSA) is 75.6 Å².